The predicted octanol–water partition coefficient (Wildman–Crippen LogP) is 4.75. The van der Waals surface area contributed by atoms with Crippen LogP contribution in [0.2, 0.25) is 5.02 Å². The summed E-state index contributed by atoms with van der Waals surface area (Å²) in [6, 6.07) is 14.4. The van der Waals surface area contributed by atoms with E-state index < -0.39 is 0 Å². The molecule has 2 rings (SSSR count). The monoisotopic (exact) mass is 291 g/mol. The van der Waals surface area contributed by atoms with Gasteiger partial charge in [0.05, 0.1) is 0 Å². The van der Waals surface area contributed by atoms with Gasteiger partial charge in [-0.25, -0.2) is 0 Å². The van der Waals surface area contributed by atoms with E-state index in [2.05, 4.69) is 32.0 Å². The third-order valence-electron chi connectivity index (χ3n) is 3.22. The molecule has 3 heteroatoms. The van der Waals surface area contributed by atoms with E-state index in [4.69, 9.17) is 17.3 Å². The lowest BCUT2D eigenvalue weighted by Gasteiger charge is -2.17. The van der Waals surface area contributed by atoms with Crippen molar-refractivity contribution in [2.75, 3.05) is 6.54 Å². The minimum atomic E-state index is 0.191. The Labute approximate surface area is 124 Å². The molecular formula is C16H18ClNS. The van der Waals surface area contributed by atoms with Gasteiger partial charge in [0.1, 0.15) is 0 Å². The summed E-state index contributed by atoms with van der Waals surface area (Å²) >= 11 is 8.02. The highest BCUT2D eigenvalue weighted by atomic mass is 35.5. The standard InChI is InChI=1S/C16H18ClNS/c1-11-7-8-13(9-12(11)2)19-16(10-18)14-5-3-4-6-15(14)17/h3-9,16H,10,18H2,1-2H3. The molecule has 0 fully saturated rings. The molecule has 0 radical (unpaired) electrons. The van der Waals surface area contributed by atoms with Gasteiger partial charge in [-0.15, -0.1) is 11.8 Å². The molecule has 0 aliphatic rings. The van der Waals surface area contributed by atoms with Gasteiger partial charge in [0.25, 0.3) is 0 Å². The SMILES string of the molecule is Cc1ccc(SC(CN)c2ccccc2Cl)cc1C. The molecule has 0 heterocycles. The minimum absolute atomic E-state index is 0.191. The van der Waals surface area contributed by atoms with Crippen LogP contribution in [0.4, 0.5) is 0 Å². The molecule has 100 valence electrons. The Bertz CT molecular complexity index is 568. The number of nitrogens with two attached hydrogens (primary N) is 1. The van der Waals surface area contributed by atoms with Crippen molar-refractivity contribution < 1.29 is 0 Å². The fourth-order valence-corrected chi connectivity index (χ4v) is 3.41. The maximum Gasteiger partial charge on any atom is 0.0481 e. The van der Waals surface area contributed by atoms with Gasteiger partial charge in [-0.1, -0.05) is 35.9 Å². The van der Waals surface area contributed by atoms with Gasteiger partial charge in [-0.2, -0.15) is 0 Å². The molecule has 0 aliphatic carbocycles. The second-order valence-electron chi connectivity index (χ2n) is 4.61. The van der Waals surface area contributed by atoms with E-state index in [1.54, 1.807) is 11.8 Å². The van der Waals surface area contributed by atoms with Gasteiger partial charge in [-0.3, -0.25) is 0 Å². The number of halogens is 1. The van der Waals surface area contributed by atoms with Crippen molar-refractivity contribution in [2.24, 2.45) is 5.73 Å². The van der Waals surface area contributed by atoms with Crippen LogP contribution < -0.4 is 5.73 Å². The van der Waals surface area contributed by atoms with Crippen molar-refractivity contribution in [1.82, 2.24) is 0 Å². The van der Waals surface area contributed by atoms with Crippen LogP contribution in [-0.4, -0.2) is 6.54 Å². The predicted molar refractivity (Wildman–Crippen MR) is 85.0 cm³/mol. The number of hydrogen-bond acceptors (Lipinski definition) is 2. The van der Waals surface area contributed by atoms with E-state index in [0.29, 0.717) is 6.54 Å². The zero-order valence-electron chi connectivity index (χ0n) is 11.2. The van der Waals surface area contributed by atoms with Gasteiger partial charge in [0.2, 0.25) is 0 Å². The Balaban J connectivity index is 2.24. The molecule has 1 nitrogen and oxygen atoms in total. The molecule has 0 amide bonds. The largest absolute Gasteiger partial charge is 0.329 e. The number of hydrogen-bond donors (Lipinski definition) is 1. The average Bonchev–Trinajstić information content (AvgIpc) is 2.41. The van der Waals surface area contributed by atoms with Crippen LogP contribution in [0.5, 0.6) is 0 Å². The zero-order chi connectivity index (χ0) is 13.8. The molecular weight excluding hydrogens is 274 g/mol. The molecule has 0 saturated carbocycles. The van der Waals surface area contributed by atoms with Crippen molar-refractivity contribution in [2.45, 2.75) is 24.0 Å². The number of thioether (sulfide) groups is 1. The van der Waals surface area contributed by atoms with Crippen molar-refractivity contribution in [3.05, 3.63) is 64.2 Å². The maximum absolute atomic E-state index is 6.25. The first kappa shape index (κ1) is 14.4. The second kappa shape index (κ2) is 6.47. The van der Waals surface area contributed by atoms with Gasteiger partial charge in [-0.05, 0) is 48.7 Å². The van der Waals surface area contributed by atoms with Crippen LogP contribution in [0.1, 0.15) is 21.9 Å². The molecule has 0 bridgehead atoms. The Kier molecular flexibility index (Phi) is 4.92. The van der Waals surface area contributed by atoms with Gasteiger partial charge in [0, 0.05) is 21.7 Å². The summed E-state index contributed by atoms with van der Waals surface area (Å²) in [5.74, 6) is 0. The summed E-state index contributed by atoms with van der Waals surface area (Å²) in [6.45, 7) is 4.83. The lowest BCUT2D eigenvalue weighted by Crippen LogP contribution is -2.09. The summed E-state index contributed by atoms with van der Waals surface area (Å²) in [7, 11) is 0. The summed E-state index contributed by atoms with van der Waals surface area (Å²) in [5, 5.41) is 0.977. The first-order chi connectivity index (χ1) is 9.11. The summed E-state index contributed by atoms with van der Waals surface area (Å²) in [4.78, 5) is 1.23. The van der Waals surface area contributed by atoms with Crippen molar-refractivity contribution in [3.8, 4) is 0 Å². The smallest absolute Gasteiger partial charge is 0.0481 e. The van der Waals surface area contributed by atoms with Crippen molar-refractivity contribution in [3.63, 3.8) is 0 Å². The Morgan fingerprint density at radius 3 is 2.47 bits per heavy atom. The fourth-order valence-electron chi connectivity index (χ4n) is 1.93. The fraction of sp³-hybridized carbons (Fsp3) is 0.250. The quantitative estimate of drug-likeness (QED) is 0.823. The van der Waals surface area contributed by atoms with Crippen LogP contribution >= 0.6 is 23.4 Å². The summed E-state index contributed by atoms with van der Waals surface area (Å²) in [6.07, 6.45) is 0. The molecule has 2 aromatic carbocycles. The average molecular weight is 292 g/mol. The Morgan fingerprint density at radius 2 is 1.84 bits per heavy atom. The molecule has 2 N–H and O–H groups in total. The lowest BCUT2D eigenvalue weighted by atomic mass is 10.1. The van der Waals surface area contributed by atoms with E-state index in [-0.39, 0.29) is 5.25 Å². The number of rotatable bonds is 4. The molecule has 19 heavy (non-hydrogen) atoms. The molecule has 0 aliphatic heterocycles. The van der Waals surface area contributed by atoms with E-state index in [0.717, 1.165) is 10.6 Å². The highest BCUT2D eigenvalue weighted by molar-refractivity contribution is 7.99. The number of aryl methyl sites for hydroxylation is 2. The zero-order valence-corrected chi connectivity index (χ0v) is 12.8. The normalized spacial score (nSPS) is 12.4. The minimum Gasteiger partial charge on any atom is -0.329 e. The third kappa shape index (κ3) is 3.53. The number of benzene rings is 2. The van der Waals surface area contributed by atoms with E-state index in [1.165, 1.54) is 16.0 Å². The van der Waals surface area contributed by atoms with Gasteiger partial charge < -0.3 is 5.73 Å². The Hall–Kier alpha value is -0.960. The molecule has 0 spiro atoms. The molecule has 1 atom stereocenters. The second-order valence-corrected chi connectivity index (χ2v) is 6.29. The van der Waals surface area contributed by atoms with Crippen LogP contribution in [-0.2, 0) is 0 Å². The topological polar surface area (TPSA) is 26.0 Å². The maximum atomic E-state index is 6.25. The molecule has 2 aromatic rings. The van der Waals surface area contributed by atoms with Crippen LogP contribution in [0.25, 0.3) is 0 Å². The van der Waals surface area contributed by atoms with Crippen molar-refractivity contribution in [1.29, 1.82) is 0 Å². The molecule has 0 aromatic heterocycles. The molecule has 0 saturated heterocycles. The lowest BCUT2D eigenvalue weighted by molar-refractivity contribution is 0.941. The van der Waals surface area contributed by atoms with Crippen molar-refractivity contribution >= 4 is 23.4 Å². The van der Waals surface area contributed by atoms with E-state index in [9.17, 15) is 0 Å². The summed E-state index contributed by atoms with van der Waals surface area (Å²) < 4.78 is 0. The van der Waals surface area contributed by atoms with E-state index >= 15 is 0 Å². The molecule has 1 unspecified atom stereocenters. The third-order valence-corrected chi connectivity index (χ3v) is 4.82. The van der Waals surface area contributed by atoms with E-state index in [1.807, 2.05) is 24.3 Å². The highest BCUT2D eigenvalue weighted by Gasteiger charge is 2.14. The first-order valence-corrected chi connectivity index (χ1v) is 7.56. The summed E-state index contributed by atoms with van der Waals surface area (Å²) in [5.41, 5.74) is 9.63. The first-order valence-electron chi connectivity index (χ1n) is 6.30. The van der Waals surface area contributed by atoms with Crippen LogP contribution in [0.3, 0.4) is 0 Å². The Morgan fingerprint density at radius 1 is 1.11 bits per heavy atom. The van der Waals surface area contributed by atoms with Crippen LogP contribution in [0.15, 0.2) is 47.4 Å². The highest BCUT2D eigenvalue weighted by Crippen LogP contribution is 2.37. The van der Waals surface area contributed by atoms with Gasteiger partial charge >= 0.3 is 0 Å². The van der Waals surface area contributed by atoms with Gasteiger partial charge in [0.15, 0.2) is 0 Å². The van der Waals surface area contributed by atoms with Crippen LogP contribution in [0, 0.1) is 13.8 Å².